The fourth-order valence-electron chi connectivity index (χ4n) is 4.93. The number of rotatable bonds is 5. The van der Waals surface area contributed by atoms with Crippen molar-refractivity contribution < 1.29 is 18.7 Å². The van der Waals surface area contributed by atoms with E-state index in [0.29, 0.717) is 42.5 Å². The minimum absolute atomic E-state index is 0.0633. The average Bonchev–Trinajstić information content (AvgIpc) is 2.84. The number of carbonyl (C=O) groups is 2. The number of likely N-dealkylation sites (tertiary alicyclic amines) is 1. The third kappa shape index (κ3) is 5.03. The number of para-hydroxylation sites is 1. The molecule has 180 valence electrons. The number of piperidine rings is 1. The highest BCUT2D eigenvalue weighted by molar-refractivity contribution is 6.00. The second kappa shape index (κ2) is 9.61. The Hall–Kier alpha value is -4.14. The summed E-state index contributed by atoms with van der Waals surface area (Å²) in [5, 5.41) is 5.41. The van der Waals surface area contributed by atoms with Crippen LogP contribution in [0, 0.1) is 11.7 Å². The van der Waals surface area contributed by atoms with E-state index < -0.39 is 11.8 Å². The molecule has 3 amide bonds. The predicted molar refractivity (Wildman–Crippen MR) is 129 cm³/mol. The average molecular weight is 477 g/mol. The van der Waals surface area contributed by atoms with Gasteiger partial charge < -0.3 is 24.8 Å². The molecule has 0 unspecified atom stereocenters. The van der Waals surface area contributed by atoms with Crippen molar-refractivity contribution in [1.82, 2.24) is 9.47 Å². The highest BCUT2D eigenvalue weighted by Gasteiger charge is 2.38. The molecule has 2 aliphatic heterocycles. The summed E-state index contributed by atoms with van der Waals surface area (Å²) in [7, 11) is 0. The Balaban J connectivity index is 1.32. The number of anilines is 2. The largest absolute Gasteiger partial charge is 0.484 e. The number of fused-ring (bicyclic) bond motifs is 4. The fourth-order valence-corrected chi connectivity index (χ4v) is 4.93. The summed E-state index contributed by atoms with van der Waals surface area (Å²) in [6, 6.07) is 17.2. The van der Waals surface area contributed by atoms with Gasteiger partial charge in [0.05, 0.1) is 5.69 Å². The van der Waals surface area contributed by atoms with Crippen molar-refractivity contribution in [3.8, 4) is 5.75 Å². The summed E-state index contributed by atoms with van der Waals surface area (Å²) in [6.07, 6.45) is 0.812. The number of hydrogen-bond acceptors (Lipinski definition) is 4. The Labute approximate surface area is 201 Å². The van der Waals surface area contributed by atoms with E-state index in [4.69, 9.17) is 4.74 Å². The predicted octanol–water partition coefficient (Wildman–Crippen LogP) is 3.66. The topological polar surface area (TPSA) is 92.7 Å². The van der Waals surface area contributed by atoms with E-state index in [2.05, 4.69) is 10.6 Å². The zero-order chi connectivity index (χ0) is 24.4. The van der Waals surface area contributed by atoms with Gasteiger partial charge in [-0.1, -0.05) is 24.3 Å². The molecule has 0 radical (unpaired) electrons. The molecule has 1 fully saturated rings. The van der Waals surface area contributed by atoms with Crippen molar-refractivity contribution in [2.45, 2.75) is 18.9 Å². The standard InChI is InChI=1S/C26H25FN4O4/c27-19-5-4-6-20(12-19)28-26(34)29-22-9-10-23(32)31-14-17-11-18(25(22)31)15-30(13-17)24(33)16-35-21-7-2-1-3-8-21/h1-10,12,17-18H,11,13-16H2,(H2,28,29,34)/t17-,18-/m1/s1. The van der Waals surface area contributed by atoms with Crippen LogP contribution in [0.4, 0.5) is 20.6 Å². The van der Waals surface area contributed by atoms with Crippen LogP contribution in [-0.4, -0.2) is 41.1 Å². The maximum absolute atomic E-state index is 13.5. The van der Waals surface area contributed by atoms with Crippen LogP contribution in [0.5, 0.6) is 5.75 Å². The maximum Gasteiger partial charge on any atom is 0.323 e. The number of aromatic nitrogens is 1. The van der Waals surface area contributed by atoms with Crippen molar-refractivity contribution in [3.63, 3.8) is 0 Å². The van der Waals surface area contributed by atoms with Gasteiger partial charge in [-0.25, -0.2) is 9.18 Å². The number of pyridine rings is 1. The van der Waals surface area contributed by atoms with Gasteiger partial charge in [0.25, 0.3) is 11.5 Å². The number of amides is 3. The number of benzene rings is 2. The lowest BCUT2D eigenvalue weighted by Crippen LogP contribution is -2.50. The first-order valence-corrected chi connectivity index (χ1v) is 11.5. The molecule has 0 aliphatic carbocycles. The molecule has 3 aromatic rings. The normalized spacial score (nSPS) is 18.4. The molecule has 1 saturated heterocycles. The maximum atomic E-state index is 13.5. The van der Waals surface area contributed by atoms with Gasteiger partial charge in [0, 0.05) is 43.0 Å². The summed E-state index contributed by atoms with van der Waals surface area (Å²) >= 11 is 0. The molecule has 3 heterocycles. The van der Waals surface area contributed by atoms with Crippen LogP contribution < -0.4 is 20.9 Å². The van der Waals surface area contributed by atoms with Gasteiger partial charge in [-0.2, -0.15) is 0 Å². The lowest BCUT2D eigenvalue weighted by Gasteiger charge is -2.43. The fraction of sp³-hybridized carbons (Fsp3) is 0.269. The summed E-state index contributed by atoms with van der Waals surface area (Å²) in [4.78, 5) is 39.9. The minimum atomic E-state index is -0.542. The van der Waals surface area contributed by atoms with Crippen LogP contribution in [0.25, 0.3) is 0 Å². The third-order valence-electron chi connectivity index (χ3n) is 6.38. The number of hydrogen-bond donors (Lipinski definition) is 2. The molecule has 35 heavy (non-hydrogen) atoms. The summed E-state index contributed by atoms with van der Waals surface area (Å²) in [5.74, 6) is 0.0811. The van der Waals surface area contributed by atoms with Crippen molar-refractivity contribution in [2.24, 2.45) is 5.92 Å². The Bertz CT molecular complexity index is 1310. The van der Waals surface area contributed by atoms with Gasteiger partial charge in [0.1, 0.15) is 11.6 Å². The molecule has 2 N–H and O–H groups in total. The number of nitrogens with one attached hydrogen (secondary N) is 2. The molecule has 2 bridgehead atoms. The zero-order valence-corrected chi connectivity index (χ0v) is 18.9. The summed E-state index contributed by atoms with van der Waals surface area (Å²) in [6.45, 7) is 1.38. The van der Waals surface area contributed by atoms with Gasteiger partial charge in [0.15, 0.2) is 6.61 Å². The molecule has 5 rings (SSSR count). The molecule has 1 aromatic heterocycles. The van der Waals surface area contributed by atoms with Crippen LogP contribution in [0.1, 0.15) is 18.0 Å². The van der Waals surface area contributed by atoms with Crippen LogP contribution >= 0.6 is 0 Å². The first-order valence-electron chi connectivity index (χ1n) is 11.5. The van der Waals surface area contributed by atoms with E-state index in [0.717, 1.165) is 6.42 Å². The first-order chi connectivity index (χ1) is 17.0. The van der Waals surface area contributed by atoms with E-state index in [1.54, 1.807) is 33.7 Å². The van der Waals surface area contributed by atoms with Crippen molar-refractivity contribution in [3.05, 3.63) is 88.6 Å². The highest BCUT2D eigenvalue weighted by atomic mass is 19.1. The van der Waals surface area contributed by atoms with E-state index in [-0.39, 0.29) is 29.9 Å². The first kappa shape index (κ1) is 22.6. The molecule has 9 heteroatoms. The Morgan fingerprint density at radius 2 is 1.80 bits per heavy atom. The Morgan fingerprint density at radius 1 is 0.971 bits per heavy atom. The molecular formula is C26H25FN4O4. The smallest absolute Gasteiger partial charge is 0.323 e. The van der Waals surface area contributed by atoms with Gasteiger partial charge in [-0.15, -0.1) is 0 Å². The van der Waals surface area contributed by atoms with E-state index in [1.807, 2.05) is 18.2 Å². The second-order valence-electron chi connectivity index (χ2n) is 8.87. The lowest BCUT2D eigenvalue weighted by molar-refractivity contribution is -0.136. The number of halogens is 1. The summed E-state index contributed by atoms with van der Waals surface area (Å²) < 4.78 is 20.8. The summed E-state index contributed by atoms with van der Waals surface area (Å²) in [5.41, 5.74) is 1.37. The third-order valence-corrected chi connectivity index (χ3v) is 6.38. The second-order valence-corrected chi connectivity index (χ2v) is 8.87. The number of carbonyl (C=O) groups excluding carboxylic acids is 2. The van der Waals surface area contributed by atoms with Gasteiger partial charge in [-0.05, 0) is 48.7 Å². The lowest BCUT2D eigenvalue weighted by atomic mass is 9.82. The monoisotopic (exact) mass is 476 g/mol. The van der Waals surface area contributed by atoms with Crippen molar-refractivity contribution in [2.75, 3.05) is 30.3 Å². The molecule has 8 nitrogen and oxygen atoms in total. The van der Waals surface area contributed by atoms with E-state index >= 15 is 0 Å². The van der Waals surface area contributed by atoms with Crippen LogP contribution in [0.15, 0.2) is 71.5 Å². The SMILES string of the molecule is O=C(Nc1cccc(F)c1)Nc1ccc(=O)n2c1[C@@H]1C[C@H](CN(C(=O)COc3ccccc3)C1)C2. The molecule has 0 spiro atoms. The highest BCUT2D eigenvalue weighted by Crippen LogP contribution is 2.38. The van der Waals surface area contributed by atoms with E-state index in [9.17, 15) is 18.8 Å². The van der Waals surface area contributed by atoms with Crippen LogP contribution in [-0.2, 0) is 11.3 Å². The minimum Gasteiger partial charge on any atom is -0.484 e. The van der Waals surface area contributed by atoms with Crippen molar-refractivity contribution in [1.29, 1.82) is 0 Å². The van der Waals surface area contributed by atoms with E-state index in [1.165, 1.54) is 24.3 Å². The quantitative estimate of drug-likeness (QED) is 0.588. The molecule has 2 atom stereocenters. The van der Waals surface area contributed by atoms with Crippen LogP contribution in [0.3, 0.4) is 0 Å². The van der Waals surface area contributed by atoms with Crippen LogP contribution in [0.2, 0.25) is 0 Å². The molecular weight excluding hydrogens is 451 g/mol. The Kier molecular flexibility index (Phi) is 6.22. The molecule has 2 aliphatic rings. The number of urea groups is 1. The van der Waals surface area contributed by atoms with Gasteiger partial charge in [-0.3, -0.25) is 9.59 Å². The number of ether oxygens (including phenoxy) is 1. The Morgan fingerprint density at radius 3 is 2.60 bits per heavy atom. The molecule has 0 saturated carbocycles. The zero-order valence-electron chi connectivity index (χ0n) is 18.9. The van der Waals surface area contributed by atoms with Gasteiger partial charge in [0.2, 0.25) is 0 Å². The van der Waals surface area contributed by atoms with Crippen molar-refractivity contribution >= 4 is 23.3 Å². The molecule has 2 aromatic carbocycles. The number of nitrogens with zero attached hydrogens (tertiary/aromatic N) is 2. The van der Waals surface area contributed by atoms with Gasteiger partial charge >= 0.3 is 6.03 Å².